The first-order valence-corrected chi connectivity index (χ1v) is 10.5. The molecule has 29 heavy (non-hydrogen) atoms. The second kappa shape index (κ2) is 6.87. The molecule has 6 nitrogen and oxygen atoms in total. The van der Waals surface area contributed by atoms with Crippen molar-refractivity contribution in [1.29, 1.82) is 0 Å². The van der Waals surface area contributed by atoms with Crippen molar-refractivity contribution < 1.29 is 4.79 Å². The van der Waals surface area contributed by atoms with Gasteiger partial charge in [0.05, 0.1) is 16.6 Å². The Hall–Kier alpha value is -2.89. The number of anilines is 1. The van der Waals surface area contributed by atoms with Crippen molar-refractivity contribution in [2.24, 2.45) is 7.05 Å². The Labute approximate surface area is 171 Å². The maximum Gasteiger partial charge on any atom is 0.254 e. The number of benzene rings is 1. The van der Waals surface area contributed by atoms with Gasteiger partial charge in [0.1, 0.15) is 0 Å². The van der Waals surface area contributed by atoms with Gasteiger partial charge in [0.25, 0.3) is 5.91 Å². The standard InChI is InChI=1S/C23H27N5O/c1-15-5-4-6-18(13-15)27-9-11-28(12-10-27)23(29)19-14-20(17-7-8-17)24-22-21(19)16(2)25-26(22)3/h4-6,13-14,17H,7-12H2,1-3H3. The molecule has 3 aromatic rings. The van der Waals surface area contributed by atoms with Crippen molar-refractivity contribution in [3.8, 4) is 0 Å². The Balaban J connectivity index is 1.42. The molecular formula is C23H27N5O. The number of aromatic nitrogens is 3. The molecule has 2 aromatic heterocycles. The largest absolute Gasteiger partial charge is 0.368 e. The van der Waals surface area contributed by atoms with Gasteiger partial charge >= 0.3 is 0 Å². The van der Waals surface area contributed by atoms with Crippen LogP contribution in [0.3, 0.4) is 0 Å². The first kappa shape index (κ1) is 18.2. The number of fused-ring (bicyclic) bond motifs is 1. The highest BCUT2D eigenvalue weighted by atomic mass is 16.2. The number of carbonyl (C=O) groups is 1. The Kier molecular flexibility index (Phi) is 4.30. The summed E-state index contributed by atoms with van der Waals surface area (Å²) in [5, 5.41) is 5.44. The molecule has 0 spiro atoms. The Morgan fingerprint density at radius 3 is 2.52 bits per heavy atom. The van der Waals surface area contributed by atoms with E-state index in [9.17, 15) is 4.79 Å². The number of rotatable bonds is 3. The zero-order valence-corrected chi connectivity index (χ0v) is 17.4. The number of piperazine rings is 1. The molecule has 2 aliphatic rings. The molecule has 0 unspecified atom stereocenters. The van der Waals surface area contributed by atoms with Gasteiger partial charge in [-0.3, -0.25) is 9.48 Å². The van der Waals surface area contributed by atoms with Crippen molar-refractivity contribution in [3.63, 3.8) is 0 Å². The molecule has 150 valence electrons. The van der Waals surface area contributed by atoms with E-state index in [0.717, 1.165) is 67.0 Å². The molecule has 0 bridgehead atoms. The van der Waals surface area contributed by atoms with Crippen LogP contribution in [-0.4, -0.2) is 51.8 Å². The third-order valence-electron chi connectivity index (χ3n) is 6.15. The molecule has 0 N–H and O–H groups in total. The molecule has 6 heteroatoms. The van der Waals surface area contributed by atoms with E-state index in [-0.39, 0.29) is 5.91 Å². The monoisotopic (exact) mass is 389 g/mol. The lowest BCUT2D eigenvalue weighted by molar-refractivity contribution is 0.0748. The van der Waals surface area contributed by atoms with Crippen molar-refractivity contribution in [2.45, 2.75) is 32.6 Å². The summed E-state index contributed by atoms with van der Waals surface area (Å²) in [4.78, 5) is 22.7. The van der Waals surface area contributed by atoms with Crippen LogP contribution in [-0.2, 0) is 7.05 Å². The molecule has 1 saturated carbocycles. The van der Waals surface area contributed by atoms with Crippen molar-refractivity contribution in [2.75, 3.05) is 31.1 Å². The Bertz CT molecular complexity index is 1090. The molecule has 3 heterocycles. The second-order valence-corrected chi connectivity index (χ2v) is 8.39. The van der Waals surface area contributed by atoms with Gasteiger partial charge in [-0.1, -0.05) is 12.1 Å². The summed E-state index contributed by atoms with van der Waals surface area (Å²) in [6.07, 6.45) is 2.33. The average molecular weight is 390 g/mol. The number of amides is 1. The summed E-state index contributed by atoms with van der Waals surface area (Å²) < 4.78 is 1.81. The summed E-state index contributed by atoms with van der Waals surface area (Å²) >= 11 is 0. The van der Waals surface area contributed by atoms with Crippen molar-refractivity contribution in [3.05, 3.63) is 52.8 Å². The minimum Gasteiger partial charge on any atom is -0.368 e. The molecule has 1 aromatic carbocycles. The number of nitrogens with zero attached hydrogens (tertiary/aromatic N) is 5. The molecular weight excluding hydrogens is 362 g/mol. The quantitative estimate of drug-likeness (QED) is 0.689. The third kappa shape index (κ3) is 3.26. The highest BCUT2D eigenvalue weighted by Crippen LogP contribution is 2.40. The van der Waals surface area contributed by atoms with Gasteiger partial charge in [-0.2, -0.15) is 5.10 Å². The third-order valence-corrected chi connectivity index (χ3v) is 6.15. The topological polar surface area (TPSA) is 54.3 Å². The van der Waals surface area contributed by atoms with Gasteiger partial charge in [0, 0.05) is 50.5 Å². The van der Waals surface area contributed by atoms with Gasteiger partial charge in [-0.25, -0.2) is 4.98 Å². The molecule has 0 radical (unpaired) electrons. The highest BCUT2D eigenvalue weighted by Gasteiger charge is 2.30. The zero-order chi connectivity index (χ0) is 20.1. The molecule has 0 atom stereocenters. The minimum absolute atomic E-state index is 0.110. The summed E-state index contributed by atoms with van der Waals surface area (Å²) in [5.41, 5.74) is 6.02. The lowest BCUT2D eigenvalue weighted by atomic mass is 10.1. The Morgan fingerprint density at radius 2 is 1.83 bits per heavy atom. The van der Waals surface area contributed by atoms with Crippen LogP contribution in [0.5, 0.6) is 0 Å². The number of carbonyl (C=O) groups excluding carboxylic acids is 1. The summed E-state index contributed by atoms with van der Waals surface area (Å²) in [5.74, 6) is 0.610. The van der Waals surface area contributed by atoms with Crippen LogP contribution < -0.4 is 4.90 Å². The van der Waals surface area contributed by atoms with E-state index in [4.69, 9.17) is 4.98 Å². The van der Waals surface area contributed by atoms with E-state index in [1.54, 1.807) is 0 Å². The van der Waals surface area contributed by atoms with Gasteiger partial charge in [-0.05, 0) is 50.5 Å². The van der Waals surface area contributed by atoms with E-state index < -0.39 is 0 Å². The maximum atomic E-state index is 13.5. The van der Waals surface area contributed by atoms with Crippen LogP contribution in [0.25, 0.3) is 11.0 Å². The molecule has 1 saturated heterocycles. The van der Waals surface area contributed by atoms with E-state index >= 15 is 0 Å². The number of hydrogen-bond donors (Lipinski definition) is 0. The van der Waals surface area contributed by atoms with Crippen LogP contribution >= 0.6 is 0 Å². The lowest BCUT2D eigenvalue weighted by Crippen LogP contribution is -2.48. The SMILES string of the molecule is Cc1cccc(N2CCN(C(=O)c3cc(C4CC4)nc4c3c(C)nn4C)CC2)c1. The fourth-order valence-electron chi connectivity index (χ4n) is 4.38. The fourth-order valence-corrected chi connectivity index (χ4v) is 4.38. The van der Waals surface area contributed by atoms with E-state index in [1.807, 2.05) is 29.6 Å². The van der Waals surface area contributed by atoms with Crippen molar-refractivity contribution in [1.82, 2.24) is 19.7 Å². The minimum atomic E-state index is 0.110. The number of hydrogen-bond acceptors (Lipinski definition) is 4. The van der Waals surface area contributed by atoms with Crippen LogP contribution in [0.15, 0.2) is 30.3 Å². The first-order valence-electron chi connectivity index (χ1n) is 10.5. The summed E-state index contributed by atoms with van der Waals surface area (Å²) in [7, 11) is 1.91. The summed E-state index contributed by atoms with van der Waals surface area (Å²) in [6.45, 7) is 7.25. The second-order valence-electron chi connectivity index (χ2n) is 8.39. The van der Waals surface area contributed by atoms with E-state index in [1.165, 1.54) is 11.3 Å². The average Bonchev–Trinajstić information content (AvgIpc) is 3.53. The number of aryl methyl sites for hydroxylation is 3. The maximum absolute atomic E-state index is 13.5. The fraction of sp³-hybridized carbons (Fsp3) is 0.435. The van der Waals surface area contributed by atoms with Crippen LogP contribution in [0.1, 0.15) is 46.1 Å². The van der Waals surface area contributed by atoms with Crippen LogP contribution in [0, 0.1) is 13.8 Å². The normalized spacial score (nSPS) is 17.2. The highest BCUT2D eigenvalue weighted by molar-refractivity contribution is 6.06. The molecule has 2 fully saturated rings. The molecule has 5 rings (SSSR count). The van der Waals surface area contributed by atoms with E-state index in [0.29, 0.717) is 5.92 Å². The van der Waals surface area contributed by atoms with Gasteiger partial charge in [0.2, 0.25) is 0 Å². The lowest BCUT2D eigenvalue weighted by Gasteiger charge is -2.36. The molecule has 1 aliphatic carbocycles. The number of pyridine rings is 1. The van der Waals surface area contributed by atoms with Gasteiger partial charge in [0.15, 0.2) is 5.65 Å². The molecule has 1 amide bonds. The predicted octanol–water partition coefficient (Wildman–Crippen LogP) is 3.42. The van der Waals surface area contributed by atoms with Crippen LogP contribution in [0.2, 0.25) is 0 Å². The summed E-state index contributed by atoms with van der Waals surface area (Å²) in [6, 6.07) is 10.6. The zero-order valence-electron chi connectivity index (χ0n) is 17.4. The van der Waals surface area contributed by atoms with E-state index in [2.05, 4.69) is 41.2 Å². The Morgan fingerprint density at radius 1 is 1.07 bits per heavy atom. The smallest absolute Gasteiger partial charge is 0.254 e. The predicted molar refractivity (Wildman–Crippen MR) is 115 cm³/mol. The first-order chi connectivity index (χ1) is 14.0. The molecule has 1 aliphatic heterocycles. The van der Waals surface area contributed by atoms with Gasteiger partial charge in [-0.15, -0.1) is 0 Å². The van der Waals surface area contributed by atoms with Crippen LogP contribution in [0.4, 0.5) is 5.69 Å². The van der Waals surface area contributed by atoms with Crippen molar-refractivity contribution >= 4 is 22.6 Å². The van der Waals surface area contributed by atoms with Gasteiger partial charge < -0.3 is 9.80 Å².